The summed E-state index contributed by atoms with van der Waals surface area (Å²) in [6.45, 7) is 3.81. The van der Waals surface area contributed by atoms with Gasteiger partial charge in [-0.1, -0.05) is 0 Å². The molecule has 1 aromatic rings. The Morgan fingerprint density at radius 3 is 2.60 bits per heavy atom. The summed E-state index contributed by atoms with van der Waals surface area (Å²) in [5.74, 6) is 2.06. The molecule has 0 aliphatic rings. The molecular formula is C13H20N2O3S2. The van der Waals surface area contributed by atoms with E-state index in [2.05, 4.69) is 6.07 Å². The molecule has 0 amide bonds. The number of hydrogen-bond acceptors (Lipinski definition) is 5. The normalized spacial score (nSPS) is 12.6. The summed E-state index contributed by atoms with van der Waals surface area (Å²) in [4.78, 5) is 0. The first kappa shape index (κ1) is 17.1. The first-order chi connectivity index (χ1) is 9.19. The number of nitrogens with zero attached hydrogens (tertiary/aromatic N) is 2. The van der Waals surface area contributed by atoms with Crippen LogP contribution < -0.4 is 0 Å². The number of thioether (sulfide) groups is 1. The third kappa shape index (κ3) is 4.54. The molecule has 1 aromatic heterocycles. The predicted octanol–water partition coefficient (Wildman–Crippen LogP) is 2.70. The van der Waals surface area contributed by atoms with Gasteiger partial charge in [-0.15, -0.1) is 0 Å². The average molecular weight is 316 g/mol. The molecule has 112 valence electrons. The van der Waals surface area contributed by atoms with Gasteiger partial charge in [0.15, 0.2) is 0 Å². The van der Waals surface area contributed by atoms with Crippen LogP contribution in [0.4, 0.5) is 0 Å². The zero-order chi connectivity index (χ0) is 15.4. The van der Waals surface area contributed by atoms with Gasteiger partial charge in [-0.2, -0.15) is 17.0 Å². The largest absolute Gasteiger partial charge is 0.447 e. The number of nitriles is 1. The van der Waals surface area contributed by atoms with Crippen molar-refractivity contribution in [2.24, 2.45) is 5.41 Å². The van der Waals surface area contributed by atoms with E-state index in [0.717, 1.165) is 16.5 Å². The third-order valence-corrected chi connectivity index (χ3v) is 5.46. The van der Waals surface area contributed by atoms with E-state index in [-0.39, 0.29) is 10.5 Å². The van der Waals surface area contributed by atoms with E-state index in [1.165, 1.54) is 20.2 Å². The molecule has 0 aromatic carbocycles. The van der Waals surface area contributed by atoms with Gasteiger partial charge >= 0.3 is 0 Å². The highest BCUT2D eigenvalue weighted by atomic mass is 32.2. The first-order valence-electron chi connectivity index (χ1n) is 6.19. The Hall–Kier alpha value is -0.970. The van der Waals surface area contributed by atoms with Crippen molar-refractivity contribution < 1.29 is 12.8 Å². The Morgan fingerprint density at radius 2 is 2.05 bits per heavy atom. The second-order valence-electron chi connectivity index (χ2n) is 5.31. The minimum atomic E-state index is -3.50. The lowest BCUT2D eigenvalue weighted by molar-refractivity contribution is 0.408. The molecule has 1 heterocycles. The highest BCUT2D eigenvalue weighted by Gasteiger charge is 2.21. The van der Waals surface area contributed by atoms with Crippen LogP contribution in [0, 0.1) is 16.7 Å². The quantitative estimate of drug-likeness (QED) is 0.723. The Bertz CT molecular complexity index is 583. The zero-order valence-electron chi connectivity index (χ0n) is 12.2. The molecule has 0 fully saturated rings. The Kier molecular flexibility index (Phi) is 5.68. The maximum Gasteiger partial charge on any atom is 0.275 e. The van der Waals surface area contributed by atoms with E-state index in [9.17, 15) is 8.42 Å². The van der Waals surface area contributed by atoms with E-state index in [4.69, 9.17) is 9.68 Å². The lowest BCUT2D eigenvalue weighted by Gasteiger charge is -2.13. The molecule has 1 rings (SSSR count). The third-order valence-electron chi connectivity index (χ3n) is 2.79. The Labute approximate surface area is 125 Å². The lowest BCUT2D eigenvalue weighted by atomic mass is 9.93. The fourth-order valence-corrected chi connectivity index (χ4v) is 3.28. The summed E-state index contributed by atoms with van der Waals surface area (Å²) in [5, 5.41) is 8.87. The maximum absolute atomic E-state index is 11.8. The van der Waals surface area contributed by atoms with Gasteiger partial charge in [0.25, 0.3) is 10.0 Å². The summed E-state index contributed by atoms with van der Waals surface area (Å²) >= 11 is 1.63. The van der Waals surface area contributed by atoms with Crippen molar-refractivity contribution in [2.45, 2.75) is 31.1 Å². The monoisotopic (exact) mass is 316 g/mol. The van der Waals surface area contributed by atoms with Gasteiger partial charge in [0.2, 0.25) is 5.09 Å². The molecule has 0 saturated heterocycles. The molecule has 0 atom stereocenters. The predicted molar refractivity (Wildman–Crippen MR) is 79.8 cm³/mol. The van der Waals surface area contributed by atoms with Crippen molar-refractivity contribution in [2.75, 3.05) is 19.8 Å². The van der Waals surface area contributed by atoms with Crippen LogP contribution in [-0.2, 0) is 15.8 Å². The Balaban J connectivity index is 2.53. The van der Waals surface area contributed by atoms with Crippen LogP contribution in [0.2, 0.25) is 0 Å². The van der Waals surface area contributed by atoms with E-state index in [0.29, 0.717) is 11.5 Å². The second kappa shape index (κ2) is 6.66. The minimum absolute atomic E-state index is 0.0320. The van der Waals surface area contributed by atoms with Gasteiger partial charge in [0.05, 0.1) is 17.2 Å². The zero-order valence-corrected chi connectivity index (χ0v) is 13.8. The molecule has 0 radical (unpaired) electrons. The van der Waals surface area contributed by atoms with Gasteiger partial charge in [-0.25, -0.2) is 12.7 Å². The summed E-state index contributed by atoms with van der Waals surface area (Å²) in [6, 6.07) is 5.41. The number of furan rings is 1. The molecule has 0 saturated carbocycles. The van der Waals surface area contributed by atoms with E-state index >= 15 is 0 Å². The van der Waals surface area contributed by atoms with Crippen molar-refractivity contribution in [3.8, 4) is 6.07 Å². The standard InChI is InChI=1S/C13H20N2O3S2/c1-13(2,10-14)7-8-19-9-11-5-6-12(18-11)20(16,17)15(3)4/h5-6H,7-9H2,1-4H3. The average Bonchev–Trinajstić information content (AvgIpc) is 2.84. The van der Waals surface area contributed by atoms with Gasteiger partial charge < -0.3 is 4.42 Å². The second-order valence-corrected chi connectivity index (χ2v) is 8.49. The van der Waals surface area contributed by atoms with E-state index < -0.39 is 10.0 Å². The molecule has 0 N–H and O–H groups in total. The van der Waals surface area contributed by atoms with Gasteiger partial charge in [-0.05, 0) is 38.2 Å². The molecule has 0 unspecified atom stereocenters. The van der Waals surface area contributed by atoms with Crippen molar-refractivity contribution in [3.63, 3.8) is 0 Å². The fraction of sp³-hybridized carbons (Fsp3) is 0.615. The van der Waals surface area contributed by atoms with Crippen LogP contribution in [0.1, 0.15) is 26.0 Å². The molecule has 0 bridgehead atoms. The summed E-state index contributed by atoms with van der Waals surface area (Å²) in [5.41, 5.74) is -0.324. The van der Waals surface area contributed by atoms with Crippen molar-refractivity contribution in [1.82, 2.24) is 4.31 Å². The van der Waals surface area contributed by atoms with Crippen molar-refractivity contribution in [3.05, 3.63) is 17.9 Å². The van der Waals surface area contributed by atoms with Gasteiger partial charge in [0, 0.05) is 14.1 Å². The van der Waals surface area contributed by atoms with Crippen molar-refractivity contribution in [1.29, 1.82) is 5.26 Å². The number of sulfonamides is 1. The molecule has 20 heavy (non-hydrogen) atoms. The number of rotatable bonds is 7. The Morgan fingerprint density at radius 1 is 1.40 bits per heavy atom. The summed E-state index contributed by atoms with van der Waals surface area (Å²) in [6.07, 6.45) is 0.789. The highest BCUT2D eigenvalue weighted by Crippen LogP contribution is 2.25. The van der Waals surface area contributed by atoms with Crippen LogP contribution in [0.5, 0.6) is 0 Å². The van der Waals surface area contributed by atoms with Crippen molar-refractivity contribution >= 4 is 21.8 Å². The van der Waals surface area contributed by atoms with E-state index in [1.54, 1.807) is 17.8 Å². The molecular weight excluding hydrogens is 296 g/mol. The molecule has 0 spiro atoms. The number of hydrogen-bond donors (Lipinski definition) is 0. The molecule has 5 nitrogen and oxygen atoms in total. The highest BCUT2D eigenvalue weighted by molar-refractivity contribution is 7.98. The summed E-state index contributed by atoms with van der Waals surface area (Å²) in [7, 11) is -0.563. The molecule has 7 heteroatoms. The summed E-state index contributed by atoms with van der Waals surface area (Å²) < 4.78 is 30.1. The topological polar surface area (TPSA) is 74.3 Å². The fourth-order valence-electron chi connectivity index (χ4n) is 1.31. The van der Waals surface area contributed by atoms with Gasteiger partial charge in [0.1, 0.15) is 5.76 Å². The smallest absolute Gasteiger partial charge is 0.275 e. The van der Waals surface area contributed by atoms with Crippen LogP contribution in [-0.4, -0.2) is 32.6 Å². The SMILES string of the molecule is CN(C)S(=O)(=O)c1ccc(CSCCC(C)(C)C#N)o1. The van der Waals surface area contributed by atoms with Crippen LogP contribution in [0.25, 0.3) is 0 Å². The first-order valence-corrected chi connectivity index (χ1v) is 8.79. The van der Waals surface area contributed by atoms with Gasteiger partial charge in [-0.3, -0.25) is 0 Å². The molecule has 0 aliphatic carbocycles. The van der Waals surface area contributed by atoms with E-state index in [1.807, 2.05) is 13.8 Å². The maximum atomic E-state index is 11.8. The van der Waals surface area contributed by atoms with Crippen LogP contribution >= 0.6 is 11.8 Å². The van der Waals surface area contributed by atoms with Crippen LogP contribution in [0.15, 0.2) is 21.6 Å². The molecule has 0 aliphatic heterocycles. The lowest BCUT2D eigenvalue weighted by Crippen LogP contribution is -2.21. The minimum Gasteiger partial charge on any atom is -0.447 e. The van der Waals surface area contributed by atoms with Crippen LogP contribution in [0.3, 0.4) is 0 Å².